The van der Waals surface area contributed by atoms with Crippen LogP contribution < -0.4 is 10.6 Å². The number of hydrogen-bond donors (Lipinski definition) is 2. The van der Waals surface area contributed by atoms with Crippen LogP contribution in [0.4, 0.5) is 5.69 Å². The molecule has 1 amide bonds. The molecule has 3 rings (SSSR count). The summed E-state index contributed by atoms with van der Waals surface area (Å²) >= 11 is 6.51. The van der Waals surface area contributed by atoms with Gasteiger partial charge in [0.25, 0.3) is 0 Å². The largest absolute Gasteiger partial charge is 0.325 e. The van der Waals surface area contributed by atoms with Gasteiger partial charge in [-0.05, 0) is 42.5 Å². The normalized spacial score (nSPS) is 20.2. The minimum Gasteiger partial charge on any atom is -0.325 e. The molecular weight excluding hydrogens is 284 g/mol. The average Bonchev–Trinajstić information content (AvgIpc) is 2.84. The molecule has 21 heavy (non-hydrogen) atoms. The molecule has 1 aromatic carbocycles. The highest BCUT2D eigenvalue weighted by molar-refractivity contribution is 6.32. The molecular formula is C17H23ClN2O. The summed E-state index contributed by atoms with van der Waals surface area (Å²) in [5, 5.41) is 7.26. The smallest absolute Gasteiger partial charge is 0.228 e. The first-order valence-electron chi connectivity index (χ1n) is 8.04. The van der Waals surface area contributed by atoms with E-state index in [1.54, 1.807) is 0 Å². The van der Waals surface area contributed by atoms with Crippen molar-refractivity contribution in [2.75, 3.05) is 11.9 Å². The van der Waals surface area contributed by atoms with Crippen LogP contribution in [0.5, 0.6) is 0 Å². The minimum atomic E-state index is 0.0656. The van der Waals surface area contributed by atoms with E-state index in [2.05, 4.69) is 23.6 Å². The van der Waals surface area contributed by atoms with Gasteiger partial charge >= 0.3 is 0 Å². The summed E-state index contributed by atoms with van der Waals surface area (Å²) in [6.45, 7) is 3.08. The Kier molecular flexibility index (Phi) is 4.51. The van der Waals surface area contributed by atoms with Gasteiger partial charge in [-0.3, -0.25) is 4.79 Å². The van der Waals surface area contributed by atoms with Crippen molar-refractivity contribution >= 4 is 23.2 Å². The highest BCUT2D eigenvalue weighted by Gasteiger charge is 2.28. The van der Waals surface area contributed by atoms with Crippen LogP contribution in [0.3, 0.4) is 0 Å². The highest BCUT2D eigenvalue weighted by Crippen LogP contribution is 2.39. The van der Waals surface area contributed by atoms with Gasteiger partial charge in [-0.1, -0.05) is 43.9 Å². The third-order valence-electron chi connectivity index (χ3n) is 4.73. The van der Waals surface area contributed by atoms with Crippen LogP contribution in [-0.2, 0) is 11.2 Å². The van der Waals surface area contributed by atoms with Crippen molar-refractivity contribution in [3.8, 4) is 0 Å². The molecule has 1 aliphatic heterocycles. The summed E-state index contributed by atoms with van der Waals surface area (Å²) in [7, 11) is 0. The van der Waals surface area contributed by atoms with Crippen molar-refractivity contribution < 1.29 is 4.79 Å². The molecule has 2 N–H and O–H groups in total. The highest BCUT2D eigenvalue weighted by atomic mass is 35.5. The number of nitrogens with one attached hydrogen (secondary N) is 2. The van der Waals surface area contributed by atoms with Gasteiger partial charge < -0.3 is 10.6 Å². The van der Waals surface area contributed by atoms with Crippen molar-refractivity contribution in [1.82, 2.24) is 5.32 Å². The Bertz CT molecular complexity index is 538. The van der Waals surface area contributed by atoms with Crippen molar-refractivity contribution in [2.24, 2.45) is 5.92 Å². The summed E-state index contributed by atoms with van der Waals surface area (Å²) in [4.78, 5) is 11.6. The summed E-state index contributed by atoms with van der Waals surface area (Å²) in [5.41, 5.74) is 3.13. The standard InChI is InChI=1S/C17H23ClN2O/c1-2-19-17(11-6-4-3-5-7-11)13-8-12-9-16(21)20-15(12)10-14(13)18/h8,10-11,17,19H,2-7,9H2,1H3,(H,20,21). The van der Waals surface area contributed by atoms with Crippen LogP contribution in [0.1, 0.15) is 56.2 Å². The molecule has 0 spiro atoms. The van der Waals surface area contributed by atoms with E-state index in [1.807, 2.05) is 6.07 Å². The fourth-order valence-electron chi connectivity index (χ4n) is 3.72. The van der Waals surface area contributed by atoms with Gasteiger partial charge in [-0.25, -0.2) is 0 Å². The first kappa shape index (κ1) is 14.9. The second kappa shape index (κ2) is 6.37. The number of fused-ring (bicyclic) bond motifs is 1. The zero-order chi connectivity index (χ0) is 14.8. The number of halogens is 1. The number of amides is 1. The maximum Gasteiger partial charge on any atom is 0.228 e. The second-order valence-corrected chi connectivity index (χ2v) is 6.60. The van der Waals surface area contributed by atoms with Crippen molar-refractivity contribution in [2.45, 2.75) is 51.5 Å². The molecule has 1 unspecified atom stereocenters. The Balaban J connectivity index is 1.92. The molecule has 1 fully saturated rings. The molecule has 1 aliphatic carbocycles. The molecule has 1 atom stereocenters. The fraction of sp³-hybridized carbons (Fsp3) is 0.588. The maximum absolute atomic E-state index is 11.6. The van der Waals surface area contributed by atoms with Crippen molar-refractivity contribution in [1.29, 1.82) is 0 Å². The van der Waals surface area contributed by atoms with E-state index in [4.69, 9.17) is 11.6 Å². The molecule has 0 saturated heterocycles. The van der Waals surface area contributed by atoms with Gasteiger partial charge in [0.1, 0.15) is 0 Å². The lowest BCUT2D eigenvalue weighted by molar-refractivity contribution is -0.115. The number of carbonyl (C=O) groups is 1. The molecule has 1 aromatic rings. The zero-order valence-electron chi connectivity index (χ0n) is 12.5. The Morgan fingerprint density at radius 1 is 1.33 bits per heavy atom. The van der Waals surface area contributed by atoms with Gasteiger partial charge in [0, 0.05) is 16.8 Å². The van der Waals surface area contributed by atoms with Crippen molar-refractivity contribution in [3.05, 3.63) is 28.3 Å². The molecule has 2 aliphatic rings. The first-order chi connectivity index (χ1) is 10.2. The van der Waals surface area contributed by atoms with E-state index >= 15 is 0 Å². The van der Waals surface area contributed by atoms with Crippen LogP contribution in [0.15, 0.2) is 12.1 Å². The molecule has 3 nitrogen and oxygen atoms in total. The Morgan fingerprint density at radius 2 is 2.10 bits per heavy atom. The van der Waals surface area contributed by atoms with E-state index in [1.165, 1.54) is 37.7 Å². The topological polar surface area (TPSA) is 41.1 Å². The van der Waals surface area contributed by atoms with E-state index in [0.29, 0.717) is 18.4 Å². The van der Waals surface area contributed by atoms with Crippen LogP contribution in [0, 0.1) is 5.92 Å². The fourth-order valence-corrected chi connectivity index (χ4v) is 4.00. The maximum atomic E-state index is 11.6. The van der Waals surface area contributed by atoms with Crippen LogP contribution in [0.2, 0.25) is 5.02 Å². The van der Waals surface area contributed by atoms with Gasteiger partial charge in [-0.15, -0.1) is 0 Å². The van der Waals surface area contributed by atoms with E-state index in [9.17, 15) is 4.79 Å². The Labute approximate surface area is 131 Å². The average molecular weight is 307 g/mol. The quantitative estimate of drug-likeness (QED) is 0.880. The molecule has 0 bridgehead atoms. The van der Waals surface area contributed by atoms with Crippen LogP contribution in [0.25, 0.3) is 0 Å². The van der Waals surface area contributed by atoms with Crippen molar-refractivity contribution in [3.63, 3.8) is 0 Å². The van der Waals surface area contributed by atoms with Gasteiger partial charge in [0.15, 0.2) is 0 Å². The number of carbonyl (C=O) groups excluding carboxylic acids is 1. The monoisotopic (exact) mass is 306 g/mol. The third-order valence-corrected chi connectivity index (χ3v) is 5.06. The van der Waals surface area contributed by atoms with Gasteiger partial charge in [0.2, 0.25) is 5.91 Å². The summed E-state index contributed by atoms with van der Waals surface area (Å²) in [5.74, 6) is 0.718. The number of rotatable bonds is 4. The van der Waals surface area contributed by atoms with E-state index in [0.717, 1.165) is 22.8 Å². The summed E-state index contributed by atoms with van der Waals surface area (Å²) in [6, 6.07) is 4.37. The first-order valence-corrected chi connectivity index (χ1v) is 8.42. The van der Waals surface area contributed by atoms with Crippen LogP contribution >= 0.6 is 11.6 Å². The number of hydrogen-bond acceptors (Lipinski definition) is 2. The lowest BCUT2D eigenvalue weighted by Gasteiger charge is -2.32. The lowest BCUT2D eigenvalue weighted by Crippen LogP contribution is -2.30. The van der Waals surface area contributed by atoms with Gasteiger partial charge in [0.05, 0.1) is 6.42 Å². The molecule has 0 aromatic heterocycles. The number of benzene rings is 1. The predicted octanol–water partition coefficient (Wildman–Crippen LogP) is 4.07. The lowest BCUT2D eigenvalue weighted by atomic mass is 9.80. The zero-order valence-corrected chi connectivity index (χ0v) is 13.3. The number of anilines is 1. The van der Waals surface area contributed by atoms with Crippen LogP contribution in [-0.4, -0.2) is 12.5 Å². The molecule has 114 valence electrons. The van der Waals surface area contributed by atoms with E-state index in [-0.39, 0.29) is 5.91 Å². The third kappa shape index (κ3) is 3.09. The molecule has 0 radical (unpaired) electrons. The summed E-state index contributed by atoms with van der Waals surface area (Å²) in [6.07, 6.45) is 6.99. The minimum absolute atomic E-state index is 0.0656. The summed E-state index contributed by atoms with van der Waals surface area (Å²) < 4.78 is 0. The molecule has 4 heteroatoms. The molecule has 1 heterocycles. The molecule has 1 saturated carbocycles. The SMILES string of the molecule is CCNC(c1cc2c(cc1Cl)NC(=O)C2)C1CCCCC1. The van der Waals surface area contributed by atoms with Gasteiger partial charge in [-0.2, -0.15) is 0 Å². The second-order valence-electron chi connectivity index (χ2n) is 6.19. The Hall–Kier alpha value is -1.06. The Morgan fingerprint density at radius 3 is 2.81 bits per heavy atom. The van der Waals surface area contributed by atoms with E-state index < -0.39 is 0 Å². The predicted molar refractivity (Wildman–Crippen MR) is 86.8 cm³/mol.